The third-order valence-corrected chi connectivity index (χ3v) is 5.25. The smallest absolute Gasteiger partial charge is 0.335 e. The van der Waals surface area contributed by atoms with Gasteiger partial charge in [0.05, 0.1) is 11.3 Å². The Hall–Kier alpha value is -3.20. The molecule has 0 saturated carbocycles. The molecule has 2 N–H and O–H groups in total. The molecule has 1 atom stereocenters. The van der Waals surface area contributed by atoms with Gasteiger partial charge in [-0.1, -0.05) is 11.8 Å². The van der Waals surface area contributed by atoms with Gasteiger partial charge in [0.15, 0.2) is 5.17 Å². The number of nitrogens with one attached hydrogen (secondary N) is 1. The molecule has 0 aliphatic carbocycles. The molecule has 0 spiro atoms. The first-order chi connectivity index (χ1) is 13.3. The van der Waals surface area contributed by atoms with Crippen LogP contribution in [0.5, 0.6) is 0 Å². The number of benzene rings is 2. The van der Waals surface area contributed by atoms with E-state index in [-0.39, 0.29) is 23.8 Å². The Morgan fingerprint density at radius 3 is 2.43 bits per heavy atom. The molecule has 2 amide bonds. The first-order valence-electron chi connectivity index (χ1n) is 8.25. The maximum absolute atomic E-state index is 13.0. The quantitative estimate of drug-likeness (QED) is 0.820. The average molecular weight is 401 g/mol. The minimum atomic E-state index is -1.06. The Labute approximate surface area is 164 Å². The van der Waals surface area contributed by atoms with Gasteiger partial charge in [-0.2, -0.15) is 0 Å². The van der Waals surface area contributed by atoms with Gasteiger partial charge in [-0.3, -0.25) is 14.5 Å². The van der Waals surface area contributed by atoms with Gasteiger partial charge in [0.25, 0.3) is 0 Å². The van der Waals surface area contributed by atoms with E-state index in [1.165, 1.54) is 53.4 Å². The van der Waals surface area contributed by atoms with Crippen LogP contribution in [0.25, 0.3) is 0 Å². The molecule has 2 aromatic carbocycles. The van der Waals surface area contributed by atoms with Crippen LogP contribution in [0.15, 0.2) is 53.5 Å². The molecule has 144 valence electrons. The van der Waals surface area contributed by atoms with E-state index in [0.717, 1.165) is 11.8 Å². The monoisotopic (exact) mass is 401 g/mol. The van der Waals surface area contributed by atoms with E-state index in [1.54, 1.807) is 7.05 Å². The lowest BCUT2D eigenvalue weighted by atomic mass is 10.2. The van der Waals surface area contributed by atoms with E-state index < -0.39 is 17.0 Å². The maximum Gasteiger partial charge on any atom is 0.335 e. The summed E-state index contributed by atoms with van der Waals surface area (Å²) in [5.74, 6) is -2.10. The highest BCUT2D eigenvalue weighted by atomic mass is 32.2. The van der Waals surface area contributed by atoms with Crippen LogP contribution in [0.1, 0.15) is 16.8 Å². The summed E-state index contributed by atoms with van der Waals surface area (Å²) in [5.41, 5.74) is 1.00. The van der Waals surface area contributed by atoms with Gasteiger partial charge in [0.1, 0.15) is 11.1 Å². The van der Waals surface area contributed by atoms with E-state index in [9.17, 15) is 18.8 Å². The minimum Gasteiger partial charge on any atom is -0.478 e. The first kappa shape index (κ1) is 19.6. The summed E-state index contributed by atoms with van der Waals surface area (Å²) in [5, 5.41) is 11.2. The Kier molecular flexibility index (Phi) is 5.74. The van der Waals surface area contributed by atoms with E-state index in [1.807, 2.05) is 0 Å². The fourth-order valence-corrected chi connectivity index (χ4v) is 3.51. The molecule has 9 heteroatoms. The molecule has 1 aliphatic heterocycles. The molecule has 1 fully saturated rings. The van der Waals surface area contributed by atoms with Crippen molar-refractivity contribution in [2.75, 3.05) is 12.4 Å². The van der Waals surface area contributed by atoms with E-state index in [2.05, 4.69) is 10.3 Å². The van der Waals surface area contributed by atoms with E-state index >= 15 is 0 Å². The molecule has 7 nitrogen and oxygen atoms in total. The van der Waals surface area contributed by atoms with Crippen molar-refractivity contribution in [3.05, 3.63) is 59.9 Å². The van der Waals surface area contributed by atoms with Crippen LogP contribution in [-0.2, 0) is 9.59 Å². The number of hydrogen-bond acceptors (Lipinski definition) is 5. The Morgan fingerprint density at radius 1 is 1.18 bits per heavy atom. The molecular formula is C19H16FN3O4S. The molecule has 0 unspecified atom stereocenters. The number of anilines is 1. The van der Waals surface area contributed by atoms with Crippen LogP contribution < -0.4 is 5.32 Å². The number of aliphatic imine (C=N–C) groups is 1. The van der Waals surface area contributed by atoms with Crippen LogP contribution in [-0.4, -0.2) is 45.3 Å². The van der Waals surface area contributed by atoms with Gasteiger partial charge < -0.3 is 10.4 Å². The Balaban J connectivity index is 1.74. The summed E-state index contributed by atoms with van der Waals surface area (Å²) in [6.45, 7) is 0. The normalized spacial score (nSPS) is 18.2. The van der Waals surface area contributed by atoms with Crippen molar-refractivity contribution in [3.8, 4) is 0 Å². The van der Waals surface area contributed by atoms with Crippen LogP contribution >= 0.6 is 11.8 Å². The lowest BCUT2D eigenvalue weighted by Gasteiger charge is -2.28. The topological polar surface area (TPSA) is 99.1 Å². The summed E-state index contributed by atoms with van der Waals surface area (Å²) in [6, 6.07) is 11.2. The molecule has 0 bridgehead atoms. The maximum atomic E-state index is 13.0. The predicted molar refractivity (Wildman–Crippen MR) is 104 cm³/mol. The number of hydrogen-bond donors (Lipinski definition) is 2. The number of carboxylic acids is 1. The molecule has 0 radical (unpaired) electrons. The average Bonchev–Trinajstić information content (AvgIpc) is 2.67. The van der Waals surface area contributed by atoms with Gasteiger partial charge in [-0.25, -0.2) is 14.2 Å². The van der Waals surface area contributed by atoms with Crippen molar-refractivity contribution in [3.63, 3.8) is 0 Å². The number of carbonyl (C=O) groups is 3. The first-order valence-corrected chi connectivity index (χ1v) is 9.13. The number of amidine groups is 1. The van der Waals surface area contributed by atoms with Crippen molar-refractivity contribution in [1.29, 1.82) is 0 Å². The number of aromatic carboxylic acids is 1. The number of amides is 2. The van der Waals surface area contributed by atoms with Crippen molar-refractivity contribution in [2.24, 2.45) is 4.99 Å². The van der Waals surface area contributed by atoms with Gasteiger partial charge in [0, 0.05) is 19.2 Å². The van der Waals surface area contributed by atoms with Crippen molar-refractivity contribution < 1.29 is 23.9 Å². The number of carbonyl (C=O) groups excluding carboxylic acids is 2. The predicted octanol–water partition coefficient (Wildman–Crippen LogP) is 3.11. The standard InChI is InChI=1S/C19H16FN3O4S/c1-23-16(24)10-15(28-19(23)22-14-8-4-12(20)5-9-14)17(25)21-13-6-2-11(3-7-13)18(26)27/h2-9,15H,10H2,1H3,(H,21,25)(H,26,27)/t15-/m0/s1. The second kappa shape index (κ2) is 8.22. The number of nitrogens with zero attached hydrogens (tertiary/aromatic N) is 2. The fourth-order valence-electron chi connectivity index (χ4n) is 2.44. The minimum absolute atomic E-state index is 0.00263. The molecule has 1 heterocycles. The molecule has 28 heavy (non-hydrogen) atoms. The molecule has 2 aromatic rings. The van der Waals surface area contributed by atoms with Crippen LogP contribution in [0.4, 0.5) is 15.8 Å². The molecule has 1 saturated heterocycles. The number of rotatable bonds is 4. The van der Waals surface area contributed by atoms with Crippen LogP contribution in [0, 0.1) is 5.82 Å². The van der Waals surface area contributed by atoms with Crippen LogP contribution in [0.2, 0.25) is 0 Å². The van der Waals surface area contributed by atoms with Crippen molar-refractivity contribution in [1.82, 2.24) is 4.90 Å². The van der Waals surface area contributed by atoms with Gasteiger partial charge in [-0.15, -0.1) is 0 Å². The summed E-state index contributed by atoms with van der Waals surface area (Å²) in [6.07, 6.45) is 0.00263. The van der Waals surface area contributed by atoms with Crippen molar-refractivity contribution in [2.45, 2.75) is 11.7 Å². The largest absolute Gasteiger partial charge is 0.478 e. The SMILES string of the molecule is CN1C(=O)C[C@@H](C(=O)Nc2ccc(C(=O)O)cc2)SC1=Nc1ccc(F)cc1. The van der Waals surface area contributed by atoms with E-state index in [0.29, 0.717) is 16.5 Å². The highest BCUT2D eigenvalue weighted by molar-refractivity contribution is 8.15. The number of thioether (sulfide) groups is 1. The number of halogens is 1. The second-order valence-electron chi connectivity index (χ2n) is 6.01. The zero-order valence-corrected chi connectivity index (χ0v) is 15.6. The van der Waals surface area contributed by atoms with Crippen molar-refractivity contribution >= 4 is 46.1 Å². The molecule has 0 aromatic heterocycles. The fraction of sp³-hybridized carbons (Fsp3) is 0.158. The molecular weight excluding hydrogens is 385 g/mol. The van der Waals surface area contributed by atoms with Gasteiger partial charge in [-0.05, 0) is 48.5 Å². The summed E-state index contributed by atoms with van der Waals surface area (Å²) in [4.78, 5) is 41.4. The Morgan fingerprint density at radius 2 is 1.82 bits per heavy atom. The van der Waals surface area contributed by atoms with E-state index in [4.69, 9.17) is 5.11 Å². The second-order valence-corrected chi connectivity index (χ2v) is 7.18. The van der Waals surface area contributed by atoms with Crippen LogP contribution in [0.3, 0.4) is 0 Å². The Bertz CT molecular complexity index is 945. The third kappa shape index (κ3) is 4.55. The number of carboxylic acid groups (broad SMARTS) is 1. The molecule has 1 aliphatic rings. The highest BCUT2D eigenvalue weighted by Crippen LogP contribution is 2.29. The third-order valence-electron chi connectivity index (χ3n) is 4.01. The lowest BCUT2D eigenvalue weighted by molar-refractivity contribution is -0.128. The molecule has 3 rings (SSSR count). The van der Waals surface area contributed by atoms with Gasteiger partial charge >= 0.3 is 5.97 Å². The summed E-state index contributed by atoms with van der Waals surface area (Å²) < 4.78 is 13.0. The summed E-state index contributed by atoms with van der Waals surface area (Å²) >= 11 is 1.13. The zero-order chi connectivity index (χ0) is 20.3. The lowest BCUT2D eigenvalue weighted by Crippen LogP contribution is -2.43. The van der Waals surface area contributed by atoms with Gasteiger partial charge in [0.2, 0.25) is 11.8 Å². The highest BCUT2D eigenvalue weighted by Gasteiger charge is 2.34. The zero-order valence-electron chi connectivity index (χ0n) is 14.8. The summed E-state index contributed by atoms with van der Waals surface area (Å²) in [7, 11) is 1.57.